The number of sulfonamides is 1. The number of anilines is 2. The molecule has 5 nitrogen and oxygen atoms in total. The van der Waals surface area contributed by atoms with E-state index in [4.69, 9.17) is 11.6 Å². The van der Waals surface area contributed by atoms with E-state index in [1.165, 1.54) is 25.1 Å². The summed E-state index contributed by atoms with van der Waals surface area (Å²) >= 11 is 5.89. The van der Waals surface area contributed by atoms with E-state index >= 15 is 0 Å². The first-order chi connectivity index (χ1) is 11.6. The molecule has 0 spiro atoms. The summed E-state index contributed by atoms with van der Waals surface area (Å²) < 4.78 is 51.4. The van der Waals surface area contributed by atoms with Crippen molar-refractivity contribution in [3.63, 3.8) is 0 Å². The molecule has 0 bridgehead atoms. The highest BCUT2D eigenvalue weighted by Gasteiger charge is 2.29. The van der Waals surface area contributed by atoms with Crippen LogP contribution in [0.3, 0.4) is 0 Å². The monoisotopic (exact) mass is 388 g/mol. The first kappa shape index (κ1) is 19.1. The van der Waals surface area contributed by atoms with Gasteiger partial charge < -0.3 is 5.32 Å². The van der Waals surface area contributed by atoms with Gasteiger partial charge in [-0.15, -0.1) is 0 Å². The molecule has 0 saturated heterocycles. The fourth-order valence-corrected chi connectivity index (χ4v) is 3.59. The molecule has 2 rings (SSSR count). The molecule has 0 fully saturated rings. The molecule has 2 aromatic carbocycles. The molecule has 2 aromatic rings. The normalized spacial score (nSPS) is 12.5. The van der Waals surface area contributed by atoms with Gasteiger partial charge in [0.05, 0.1) is 11.9 Å². The van der Waals surface area contributed by atoms with Crippen molar-refractivity contribution >= 4 is 38.9 Å². The van der Waals surface area contributed by atoms with Crippen molar-refractivity contribution in [2.75, 3.05) is 15.9 Å². The maximum Gasteiger partial charge on any atom is 0.247 e. The number of carbonyl (C=O) groups excluding carboxylic acids is 1. The Morgan fingerprint density at radius 3 is 2.40 bits per heavy atom. The number of benzene rings is 2. The minimum Gasteiger partial charge on any atom is -0.324 e. The number of nitrogens with zero attached hydrogens (tertiary/aromatic N) is 1. The maximum absolute atomic E-state index is 13.2. The molecule has 0 aromatic heterocycles. The van der Waals surface area contributed by atoms with Gasteiger partial charge in [-0.3, -0.25) is 9.10 Å². The molecule has 25 heavy (non-hydrogen) atoms. The van der Waals surface area contributed by atoms with Gasteiger partial charge in [0.2, 0.25) is 15.9 Å². The largest absolute Gasteiger partial charge is 0.324 e. The van der Waals surface area contributed by atoms with Crippen LogP contribution in [0.1, 0.15) is 6.92 Å². The lowest BCUT2D eigenvalue weighted by Crippen LogP contribution is -2.45. The lowest BCUT2D eigenvalue weighted by Gasteiger charge is -2.28. The Hall–Kier alpha value is -2.19. The van der Waals surface area contributed by atoms with E-state index in [0.717, 1.165) is 22.7 Å². The highest BCUT2D eigenvalue weighted by Crippen LogP contribution is 2.25. The predicted octanol–water partition coefficient (Wildman–Crippen LogP) is 3.41. The molecule has 9 heteroatoms. The Labute approximate surface area is 149 Å². The minimum absolute atomic E-state index is 0.00953. The molecule has 0 aliphatic rings. The third-order valence-electron chi connectivity index (χ3n) is 3.34. The Bertz CT molecular complexity index is 906. The summed E-state index contributed by atoms with van der Waals surface area (Å²) in [5, 5.41) is 2.67. The molecule has 0 unspecified atom stereocenters. The van der Waals surface area contributed by atoms with Crippen molar-refractivity contribution in [1.29, 1.82) is 0 Å². The van der Waals surface area contributed by atoms with Gasteiger partial charge in [-0.1, -0.05) is 17.7 Å². The van der Waals surface area contributed by atoms with Crippen molar-refractivity contribution < 1.29 is 22.0 Å². The second kappa shape index (κ2) is 7.37. The zero-order valence-corrected chi connectivity index (χ0v) is 14.9. The average molecular weight is 389 g/mol. The number of rotatable bonds is 5. The summed E-state index contributed by atoms with van der Waals surface area (Å²) in [6, 6.07) is 7.71. The summed E-state index contributed by atoms with van der Waals surface area (Å²) in [5.74, 6) is -2.89. The average Bonchev–Trinajstić information content (AvgIpc) is 2.49. The third-order valence-corrected chi connectivity index (χ3v) is 4.82. The van der Waals surface area contributed by atoms with Gasteiger partial charge >= 0.3 is 0 Å². The summed E-state index contributed by atoms with van der Waals surface area (Å²) in [6.07, 6.45) is 0.954. The van der Waals surface area contributed by atoms with Crippen molar-refractivity contribution in [2.45, 2.75) is 13.0 Å². The molecule has 1 N–H and O–H groups in total. The van der Waals surface area contributed by atoms with E-state index in [2.05, 4.69) is 5.32 Å². The van der Waals surface area contributed by atoms with E-state index in [-0.39, 0.29) is 11.4 Å². The number of nitrogens with one attached hydrogen (secondary N) is 1. The van der Waals surface area contributed by atoms with Gasteiger partial charge in [-0.05, 0) is 37.3 Å². The number of hydrogen-bond donors (Lipinski definition) is 1. The maximum atomic E-state index is 13.2. The highest BCUT2D eigenvalue weighted by atomic mass is 35.5. The molecule has 0 saturated carbocycles. The van der Waals surface area contributed by atoms with Crippen LogP contribution in [0.25, 0.3) is 0 Å². The molecule has 0 aliphatic heterocycles. The zero-order chi connectivity index (χ0) is 18.8. The number of amides is 1. The van der Waals surface area contributed by atoms with Crippen molar-refractivity contribution in [2.24, 2.45) is 0 Å². The van der Waals surface area contributed by atoms with Crippen molar-refractivity contribution in [1.82, 2.24) is 0 Å². The Morgan fingerprint density at radius 2 is 1.84 bits per heavy atom. The van der Waals surface area contributed by atoms with Gasteiger partial charge in [0, 0.05) is 16.8 Å². The van der Waals surface area contributed by atoms with E-state index in [0.29, 0.717) is 5.02 Å². The summed E-state index contributed by atoms with van der Waals surface area (Å²) in [4.78, 5) is 12.4. The summed E-state index contributed by atoms with van der Waals surface area (Å²) in [7, 11) is -3.81. The minimum atomic E-state index is -3.81. The number of carbonyl (C=O) groups is 1. The van der Waals surface area contributed by atoms with Gasteiger partial charge in [0.25, 0.3) is 0 Å². The fourth-order valence-electron chi connectivity index (χ4n) is 2.24. The zero-order valence-electron chi connectivity index (χ0n) is 13.3. The van der Waals surface area contributed by atoms with E-state index in [9.17, 15) is 22.0 Å². The van der Waals surface area contributed by atoms with Crippen LogP contribution >= 0.6 is 11.6 Å². The second-order valence-corrected chi connectivity index (χ2v) is 7.63. The van der Waals surface area contributed by atoms with Crippen molar-refractivity contribution in [3.05, 3.63) is 59.1 Å². The van der Waals surface area contributed by atoms with Crippen LogP contribution < -0.4 is 9.62 Å². The first-order valence-corrected chi connectivity index (χ1v) is 9.33. The SMILES string of the molecule is C[C@H](C(=O)Nc1ccc(F)c(F)c1)N(c1cccc(Cl)c1)S(C)(=O)=O. The lowest BCUT2D eigenvalue weighted by molar-refractivity contribution is -0.116. The molecule has 0 radical (unpaired) electrons. The molecular weight excluding hydrogens is 374 g/mol. The van der Waals surface area contributed by atoms with Crippen LogP contribution in [0, 0.1) is 11.6 Å². The van der Waals surface area contributed by atoms with E-state index in [1.54, 1.807) is 12.1 Å². The topological polar surface area (TPSA) is 66.5 Å². The summed E-state index contributed by atoms with van der Waals surface area (Å²) in [5.41, 5.74) is 0.221. The molecule has 1 amide bonds. The van der Waals surface area contributed by atoms with Crippen LogP contribution in [-0.2, 0) is 14.8 Å². The van der Waals surface area contributed by atoms with Crippen LogP contribution in [0.15, 0.2) is 42.5 Å². The van der Waals surface area contributed by atoms with Crippen LogP contribution in [0.5, 0.6) is 0 Å². The quantitative estimate of drug-likeness (QED) is 0.853. The Kier molecular flexibility index (Phi) is 5.64. The highest BCUT2D eigenvalue weighted by molar-refractivity contribution is 7.92. The predicted molar refractivity (Wildman–Crippen MR) is 93.2 cm³/mol. The molecule has 0 aliphatic carbocycles. The first-order valence-electron chi connectivity index (χ1n) is 7.10. The molecule has 1 atom stereocenters. The van der Waals surface area contributed by atoms with Crippen LogP contribution in [-0.4, -0.2) is 26.6 Å². The van der Waals surface area contributed by atoms with E-state index < -0.39 is 33.6 Å². The van der Waals surface area contributed by atoms with Gasteiger partial charge in [-0.25, -0.2) is 17.2 Å². The second-order valence-electron chi connectivity index (χ2n) is 5.33. The molecule has 0 heterocycles. The molecule has 134 valence electrons. The molecular formula is C16H15ClF2N2O3S. The van der Waals surface area contributed by atoms with Crippen LogP contribution in [0.4, 0.5) is 20.2 Å². The van der Waals surface area contributed by atoms with Gasteiger partial charge in [-0.2, -0.15) is 0 Å². The smallest absolute Gasteiger partial charge is 0.247 e. The standard InChI is InChI=1S/C16H15ClF2N2O3S/c1-10(16(22)20-12-6-7-14(18)15(19)9-12)21(25(2,23)24)13-5-3-4-11(17)8-13/h3-10H,1-2H3,(H,20,22)/t10-/m1/s1. The third kappa shape index (κ3) is 4.67. The van der Waals surface area contributed by atoms with Gasteiger partial charge in [0.15, 0.2) is 11.6 Å². The summed E-state index contributed by atoms with van der Waals surface area (Å²) in [6.45, 7) is 1.37. The Balaban J connectivity index is 2.31. The number of hydrogen-bond acceptors (Lipinski definition) is 3. The Morgan fingerprint density at radius 1 is 1.16 bits per heavy atom. The van der Waals surface area contributed by atoms with Gasteiger partial charge in [0.1, 0.15) is 6.04 Å². The van der Waals surface area contributed by atoms with E-state index in [1.807, 2.05) is 0 Å². The fraction of sp³-hybridized carbons (Fsp3) is 0.188. The van der Waals surface area contributed by atoms with Crippen molar-refractivity contribution in [3.8, 4) is 0 Å². The number of halogens is 3. The van der Waals surface area contributed by atoms with Crippen LogP contribution in [0.2, 0.25) is 5.02 Å². The lowest BCUT2D eigenvalue weighted by atomic mass is 10.2.